The largest absolute Gasteiger partial charge is 0.486 e. The van der Waals surface area contributed by atoms with Crippen LogP contribution in [0.4, 0.5) is 0 Å². The number of hydrogen-bond donors (Lipinski definition) is 0. The van der Waals surface area contributed by atoms with Crippen LogP contribution in [0.1, 0.15) is 27.0 Å². The number of carbonyl (C=O) groups is 1. The Labute approximate surface area is 167 Å². The molecule has 26 heavy (non-hydrogen) atoms. The van der Waals surface area contributed by atoms with Gasteiger partial charge in [0.1, 0.15) is 26.4 Å². The first kappa shape index (κ1) is 17.7. The van der Waals surface area contributed by atoms with Gasteiger partial charge in [0.15, 0.2) is 28.8 Å². The van der Waals surface area contributed by atoms with E-state index in [1.807, 2.05) is 0 Å². The molecule has 0 unspecified atom stereocenters. The molecule has 2 aliphatic heterocycles. The molecule has 5 nitrogen and oxygen atoms in total. The van der Waals surface area contributed by atoms with Crippen molar-refractivity contribution < 1.29 is 23.7 Å². The zero-order chi connectivity index (χ0) is 18.1. The molecule has 0 atom stereocenters. The summed E-state index contributed by atoms with van der Waals surface area (Å²) < 4.78 is 22.8. The Morgan fingerprint density at radius 2 is 1.15 bits per heavy atom. The van der Waals surface area contributed by atoms with Crippen LogP contribution in [-0.2, 0) is 10.7 Å². The first-order valence-electron chi connectivity index (χ1n) is 8.24. The third kappa shape index (κ3) is 2.97. The average molecular weight is 484 g/mol. The minimum atomic E-state index is -0.0807. The van der Waals surface area contributed by atoms with Gasteiger partial charge in [0.25, 0.3) is 0 Å². The van der Waals surface area contributed by atoms with Crippen LogP contribution in [0.3, 0.4) is 0 Å². The van der Waals surface area contributed by atoms with Crippen molar-refractivity contribution >= 4 is 37.6 Å². The predicted octanol–water partition coefficient (Wildman–Crippen LogP) is 4.25. The van der Waals surface area contributed by atoms with Gasteiger partial charge in [0.05, 0.1) is 0 Å². The summed E-state index contributed by atoms with van der Waals surface area (Å²) in [5.41, 5.74) is 2.76. The highest BCUT2D eigenvalue weighted by Crippen LogP contribution is 2.41. The van der Waals surface area contributed by atoms with Crippen LogP contribution in [0.25, 0.3) is 0 Å². The Balaban J connectivity index is 1.81. The van der Waals surface area contributed by atoms with E-state index in [1.54, 1.807) is 24.3 Å². The lowest BCUT2D eigenvalue weighted by atomic mass is 9.94. The van der Waals surface area contributed by atoms with Crippen LogP contribution in [-0.4, -0.2) is 32.2 Å². The molecule has 0 N–H and O–H groups in total. The highest BCUT2D eigenvalue weighted by Gasteiger charge is 2.27. The first-order valence-corrected chi connectivity index (χ1v) is 10.5. The molecule has 0 amide bonds. The van der Waals surface area contributed by atoms with Crippen molar-refractivity contribution in [2.45, 2.75) is 10.7 Å². The van der Waals surface area contributed by atoms with E-state index in [0.717, 1.165) is 11.1 Å². The predicted molar refractivity (Wildman–Crippen MR) is 104 cm³/mol. The number of rotatable bonds is 4. The molecular weight excluding hydrogens is 468 g/mol. The molecule has 2 aromatic carbocycles. The van der Waals surface area contributed by atoms with Gasteiger partial charge in [0, 0.05) is 32.9 Å². The van der Waals surface area contributed by atoms with E-state index in [4.69, 9.17) is 18.9 Å². The standard InChI is InChI=1S/C19H16Br2O5/c20-9-13-11(1-3-15-18(13)25-7-5-23-15)17(22)12-2-4-16-19(14(12)10-21)26-8-6-24-16/h1-4H,5-10H2. The second-order valence-corrected chi connectivity index (χ2v) is 6.95. The normalized spacial score (nSPS) is 14.8. The monoisotopic (exact) mass is 482 g/mol. The Hall–Kier alpha value is -1.73. The molecule has 7 heteroatoms. The Kier molecular flexibility index (Phi) is 5.09. The zero-order valence-corrected chi connectivity index (χ0v) is 17.0. The van der Waals surface area contributed by atoms with E-state index in [2.05, 4.69) is 31.9 Å². The fourth-order valence-electron chi connectivity index (χ4n) is 3.18. The minimum absolute atomic E-state index is 0.0807. The average Bonchev–Trinajstić information content (AvgIpc) is 2.71. The van der Waals surface area contributed by atoms with Crippen molar-refractivity contribution in [2.75, 3.05) is 26.4 Å². The number of alkyl halides is 2. The van der Waals surface area contributed by atoms with E-state index >= 15 is 0 Å². The van der Waals surface area contributed by atoms with Crippen LogP contribution in [0.5, 0.6) is 23.0 Å². The van der Waals surface area contributed by atoms with Gasteiger partial charge in [-0.3, -0.25) is 4.79 Å². The topological polar surface area (TPSA) is 54.0 Å². The summed E-state index contributed by atoms with van der Waals surface area (Å²) in [6.07, 6.45) is 0. The highest BCUT2D eigenvalue weighted by atomic mass is 79.9. The molecule has 2 aliphatic rings. The second-order valence-electron chi connectivity index (χ2n) is 5.83. The zero-order valence-electron chi connectivity index (χ0n) is 13.8. The summed E-state index contributed by atoms with van der Waals surface area (Å²) >= 11 is 6.96. The number of benzene rings is 2. The third-order valence-electron chi connectivity index (χ3n) is 4.38. The molecule has 0 aromatic heterocycles. The van der Waals surface area contributed by atoms with Crippen molar-refractivity contribution in [1.29, 1.82) is 0 Å². The Bertz CT molecular complexity index is 796. The summed E-state index contributed by atoms with van der Waals surface area (Å²) in [6.45, 7) is 1.97. The molecule has 2 aromatic rings. The van der Waals surface area contributed by atoms with Crippen LogP contribution in [0.2, 0.25) is 0 Å². The van der Waals surface area contributed by atoms with Gasteiger partial charge in [-0.2, -0.15) is 0 Å². The number of halogens is 2. The van der Waals surface area contributed by atoms with E-state index in [1.165, 1.54) is 0 Å². The fraction of sp³-hybridized carbons (Fsp3) is 0.316. The lowest BCUT2D eigenvalue weighted by Crippen LogP contribution is -2.19. The van der Waals surface area contributed by atoms with Crippen LogP contribution >= 0.6 is 31.9 Å². The van der Waals surface area contributed by atoms with Crippen molar-refractivity contribution in [3.8, 4) is 23.0 Å². The summed E-state index contributed by atoms with van der Waals surface area (Å²) in [6, 6.07) is 7.17. The van der Waals surface area contributed by atoms with Gasteiger partial charge < -0.3 is 18.9 Å². The van der Waals surface area contributed by atoms with Crippen LogP contribution < -0.4 is 18.9 Å². The summed E-state index contributed by atoms with van der Waals surface area (Å²) in [4.78, 5) is 13.3. The van der Waals surface area contributed by atoms with Crippen molar-refractivity contribution in [1.82, 2.24) is 0 Å². The van der Waals surface area contributed by atoms with E-state index in [-0.39, 0.29) is 5.78 Å². The molecule has 0 bridgehead atoms. The lowest BCUT2D eigenvalue weighted by molar-refractivity contribution is 0.103. The molecule has 4 rings (SSSR count). The van der Waals surface area contributed by atoms with Gasteiger partial charge in [0.2, 0.25) is 0 Å². The molecule has 2 heterocycles. The third-order valence-corrected chi connectivity index (χ3v) is 5.50. The first-order chi connectivity index (χ1) is 12.7. The maximum atomic E-state index is 13.3. The number of hydrogen-bond acceptors (Lipinski definition) is 5. The van der Waals surface area contributed by atoms with E-state index < -0.39 is 0 Å². The molecule has 0 spiro atoms. The smallest absolute Gasteiger partial charge is 0.193 e. The molecule has 0 aliphatic carbocycles. The molecule has 0 radical (unpaired) electrons. The summed E-state index contributed by atoms with van der Waals surface area (Å²) in [5.74, 6) is 2.53. The lowest BCUT2D eigenvalue weighted by Gasteiger charge is -2.24. The van der Waals surface area contributed by atoms with Crippen molar-refractivity contribution in [3.63, 3.8) is 0 Å². The fourth-order valence-corrected chi connectivity index (χ4v) is 4.30. The number of ether oxygens (including phenoxy) is 4. The highest BCUT2D eigenvalue weighted by molar-refractivity contribution is 9.08. The number of ketones is 1. The number of carbonyl (C=O) groups excluding carboxylic acids is 1. The van der Waals surface area contributed by atoms with Gasteiger partial charge >= 0.3 is 0 Å². The van der Waals surface area contributed by atoms with Gasteiger partial charge in [-0.05, 0) is 24.3 Å². The molecule has 136 valence electrons. The number of fused-ring (bicyclic) bond motifs is 2. The second kappa shape index (κ2) is 7.48. The quantitative estimate of drug-likeness (QED) is 0.480. The van der Waals surface area contributed by atoms with Gasteiger partial charge in [-0.15, -0.1) is 0 Å². The minimum Gasteiger partial charge on any atom is -0.486 e. The Morgan fingerprint density at radius 3 is 1.58 bits per heavy atom. The maximum absolute atomic E-state index is 13.3. The van der Waals surface area contributed by atoms with Crippen LogP contribution in [0.15, 0.2) is 24.3 Å². The Morgan fingerprint density at radius 1 is 0.731 bits per heavy atom. The molecule has 0 saturated heterocycles. The van der Waals surface area contributed by atoms with Gasteiger partial charge in [-0.25, -0.2) is 0 Å². The van der Waals surface area contributed by atoms with Gasteiger partial charge in [-0.1, -0.05) is 31.9 Å². The van der Waals surface area contributed by atoms with E-state index in [9.17, 15) is 4.79 Å². The van der Waals surface area contributed by atoms with Crippen molar-refractivity contribution in [3.05, 3.63) is 46.5 Å². The SMILES string of the molecule is O=C(c1ccc2c(c1CBr)OCCO2)c1ccc2c(c1CBr)OCCO2. The maximum Gasteiger partial charge on any atom is 0.193 e. The van der Waals surface area contributed by atoms with E-state index in [0.29, 0.717) is 71.2 Å². The molecular formula is C19H16Br2O5. The van der Waals surface area contributed by atoms with Crippen LogP contribution in [0, 0.1) is 0 Å². The molecule has 0 saturated carbocycles. The van der Waals surface area contributed by atoms with Crippen molar-refractivity contribution in [2.24, 2.45) is 0 Å². The summed E-state index contributed by atoms with van der Waals surface area (Å²) in [7, 11) is 0. The summed E-state index contributed by atoms with van der Waals surface area (Å²) in [5, 5.41) is 0.990. The molecule has 0 fully saturated rings.